The van der Waals surface area contributed by atoms with Crippen molar-refractivity contribution < 1.29 is 0 Å². The topological polar surface area (TPSA) is 42.7 Å². The van der Waals surface area contributed by atoms with Gasteiger partial charge < -0.3 is 9.88 Å². The van der Waals surface area contributed by atoms with Crippen LogP contribution in [0.25, 0.3) is 0 Å². The van der Waals surface area contributed by atoms with E-state index in [4.69, 9.17) is 23.2 Å². The number of benzene rings is 1. The van der Waals surface area contributed by atoms with E-state index in [0.717, 1.165) is 30.3 Å². The van der Waals surface area contributed by atoms with Crippen LogP contribution in [-0.4, -0.2) is 27.9 Å². The van der Waals surface area contributed by atoms with E-state index in [1.165, 1.54) is 25.7 Å². The molecule has 0 bridgehead atoms. The Balaban J connectivity index is 1.66. The fourth-order valence-corrected chi connectivity index (χ4v) is 3.78. The van der Waals surface area contributed by atoms with Crippen LogP contribution in [0.2, 0.25) is 10.0 Å². The van der Waals surface area contributed by atoms with Gasteiger partial charge in [0.1, 0.15) is 11.6 Å². The van der Waals surface area contributed by atoms with Gasteiger partial charge in [-0.2, -0.15) is 0 Å². The Labute approximate surface area is 146 Å². The fraction of sp³-hybridized carbons (Fsp3) is 0.529. The number of piperidine rings is 1. The second-order valence-electron chi connectivity index (χ2n) is 6.51. The molecule has 122 valence electrons. The van der Waals surface area contributed by atoms with Gasteiger partial charge in [0.25, 0.3) is 0 Å². The molecule has 2 aromatic rings. The molecule has 2 fully saturated rings. The molecule has 1 saturated heterocycles. The van der Waals surface area contributed by atoms with Gasteiger partial charge in [-0.1, -0.05) is 35.3 Å². The summed E-state index contributed by atoms with van der Waals surface area (Å²) in [5, 5.41) is 13.7. The molecule has 1 saturated carbocycles. The molecule has 6 heteroatoms. The molecule has 1 aromatic heterocycles. The highest BCUT2D eigenvalue weighted by Gasteiger charge is 2.32. The van der Waals surface area contributed by atoms with Crippen molar-refractivity contribution in [1.29, 1.82) is 0 Å². The van der Waals surface area contributed by atoms with E-state index < -0.39 is 0 Å². The Morgan fingerprint density at radius 3 is 2.78 bits per heavy atom. The van der Waals surface area contributed by atoms with E-state index in [1.54, 1.807) is 0 Å². The molecule has 1 aliphatic carbocycles. The first-order valence-electron chi connectivity index (χ1n) is 8.31. The summed E-state index contributed by atoms with van der Waals surface area (Å²) < 4.78 is 2.37. The van der Waals surface area contributed by atoms with Gasteiger partial charge in [-0.3, -0.25) is 0 Å². The smallest absolute Gasteiger partial charge is 0.137 e. The van der Waals surface area contributed by atoms with Crippen molar-refractivity contribution in [2.45, 2.75) is 44.1 Å². The second-order valence-corrected chi connectivity index (χ2v) is 7.29. The zero-order chi connectivity index (χ0) is 15.8. The molecule has 1 unspecified atom stereocenters. The van der Waals surface area contributed by atoms with Gasteiger partial charge in [0.05, 0.1) is 10.0 Å². The lowest BCUT2D eigenvalue weighted by Crippen LogP contribution is -2.30. The van der Waals surface area contributed by atoms with Crippen LogP contribution in [-0.2, 0) is 6.42 Å². The lowest BCUT2D eigenvalue weighted by molar-refractivity contribution is 0.430. The molecule has 2 aliphatic rings. The maximum absolute atomic E-state index is 6.35. The highest BCUT2D eigenvalue weighted by Crippen LogP contribution is 2.39. The van der Waals surface area contributed by atoms with E-state index in [0.29, 0.717) is 28.4 Å². The minimum Gasteiger partial charge on any atom is -0.316 e. The number of nitrogens with one attached hydrogen (secondary N) is 1. The van der Waals surface area contributed by atoms with Gasteiger partial charge in [-0.05, 0) is 43.9 Å². The molecule has 0 radical (unpaired) electrons. The van der Waals surface area contributed by atoms with Crippen LogP contribution in [0, 0.1) is 0 Å². The molecular weight excluding hydrogens is 331 g/mol. The van der Waals surface area contributed by atoms with Crippen LogP contribution in [0.1, 0.15) is 54.9 Å². The maximum atomic E-state index is 6.35. The summed E-state index contributed by atoms with van der Waals surface area (Å²) in [5.41, 5.74) is 1.02. The van der Waals surface area contributed by atoms with Crippen LogP contribution in [0.5, 0.6) is 0 Å². The molecule has 23 heavy (non-hydrogen) atoms. The largest absolute Gasteiger partial charge is 0.316 e. The zero-order valence-electron chi connectivity index (χ0n) is 12.9. The number of aromatic nitrogens is 3. The average Bonchev–Trinajstić information content (AvgIpc) is 3.33. The number of hydrogen-bond acceptors (Lipinski definition) is 3. The van der Waals surface area contributed by atoms with E-state index in [-0.39, 0.29) is 0 Å². The Bertz CT molecular complexity index is 703. The summed E-state index contributed by atoms with van der Waals surface area (Å²) in [7, 11) is 0. The lowest BCUT2D eigenvalue weighted by Gasteiger charge is -2.23. The van der Waals surface area contributed by atoms with Crippen LogP contribution in [0.15, 0.2) is 18.2 Å². The van der Waals surface area contributed by atoms with Gasteiger partial charge in [-0.15, -0.1) is 10.2 Å². The van der Waals surface area contributed by atoms with E-state index in [9.17, 15) is 0 Å². The predicted octanol–water partition coefficient (Wildman–Crippen LogP) is 3.98. The Hall–Kier alpha value is -1.10. The fourth-order valence-electron chi connectivity index (χ4n) is 3.39. The maximum Gasteiger partial charge on any atom is 0.137 e. The SMILES string of the molecule is Clc1cccc(Cc2nnc(C3CCCNC3)n2C2CC2)c1Cl. The Kier molecular flexibility index (Phi) is 4.31. The molecule has 0 spiro atoms. The summed E-state index contributed by atoms with van der Waals surface area (Å²) >= 11 is 12.5. The summed E-state index contributed by atoms with van der Waals surface area (Å²) in [6, 6.07) is 6.34. The summed E-state index contributed by atoms with van der Waals surface area (Å²) in [4.78, 5) is 0. The van der Waals surface area contributed by atoms with Crippen LogP contribution in [0.4, 0.5) is 0 Å². The third-order valence-electron chi connectivity index (χ3n) is 4.75. The molecule has 1 aromatic carbocycles. The number of halogens is 2. The molecule has 1 N–H and O–H groups in total. The quantitative estimate of drug-likeness (QED) is 0.906. The van der Waals surface area contributed by atoms with Gasteiger partial charge in [0.2, 0.25) is 0 Å². The van der Waals surface area contributed by atoms with Gasteiger partial charge in [0, 0.05) is 24.9 Å². The van der Waals surface area contributed by atoms with Crippen molar-refractivity contribution in [3.8, 4) is 0 Å². The standard InChI is InChI=1S/C17H20Cl2N4/c18-14-5-1-3-11(16(14)19)9-15-21-22-17(23(15)13-6-7-13)12-4-2-8-20-10-12/h1,3,5,12-13,20H,2,4,6-10H2. The first kappa shape index (κ1) is 15.4. The zero-order valence-corrected chi connectivity index (χ0v) is 14.4. The molecular formula is C17H20Cl2N4. The first-order valence-corrected chi connectivity index (χ1v) is 9.07. The van der Waals surface area contributed by atoms with Crippen LogP contribution in [0.3, 0.4) is 0 Å². The average molecular weight is 351 g/mol. The Morgan fingerprint density at radius 1 is 1.17 bits per heavy atom. The summed E-state index contributed by atoms with van der Waals surface area (Å²) in [6.45, 7) is 2.11. The molecule has 1 atom stereocenters. The number of hydrogen-bond donors (Lipinski definition) is 1. The normalized spacial score (nSPS) is 21.6. The van der Waals surface area contributed by atoms with Crippen molar-refractivity contribution in [1.82, 2.24) is 20.1 Å². The third kappa shape index (κ3) is 3.12. The number of rotatable bonds is 4. The second kappa shape index (κ2) is 6.42. The summed E-state index contributed by atoms with van der Waals surface area (Å²) in [6.07, 6.45) is 5.53. The molecule has 2 heterocycles. The van der Waals surface area contributed by atoms with Crippen molar-refractivity contribution in [2.24, 2.45) is 0 Å². The van der Waals surface area contributed by atoms with Crippen molar-refractivity contribution in [3.05, 3.63) is 45.5 Å². The minimum atomic E-state index is 0.473. The van der Waals surface area contributed by atoms with Crippen molar-refractivity contribution in [2.75, 3.05) is 13.1 Å². The van der Waals surface area contributed by atoms with E-state index in [2.05, 4.69) is 20.1 Å². The highest BCUT2D eigenvalue weighted by atomic mass is 35.5. The monoisotopic (exact) mass is 350 g/mol. The van der Waals surface area contributed by atoms with E-state index in [1.807, 2.05) is 18.2 Å². The van der Waals surface area contributed by atoms with E-state index >= 15 is 0 Å². The van der Waals surface area contributed by atoms with Gasteiger partial charge >= 0.3 is 0 Å². The molecule has 0 amide bonds. The highest BCUT2D eigenvalue weighted by molar-refractivity contribution is 6.42. The minimum absolute atomic E-state index is 0.473. The number of nitrogens with zero attached hydrogens (tertiary/aromatic N) is 3. The van der Waals surface area contributed by atoms with Crippen molar-refractivity contribution >= 4 is 23.2 Å². The molecule has 1 aliphatic heterocycles. The predicted molar refractivity (Wildman–Crippen MR) is 92.4 cm³/mol. The molecule has 4 rings (SSSR count). The third-order valence-corrected chi connectivity index (χ3v) is 5.61. The van der Waals surface area contributed by atoms with Gasteiger partial charge in [-0.25, -0.2) is 0 Å². The van der Waals surface area contributed by atoms with Crippen molar-refractivity contribution in [3.63, 3.8) is 0 Å². The molecule has 4 nitrogen and oxygen atoms in total. The van der Waals surface area contributed by atoms with Crippen LogP contribution < -0.4 is 5.32 Å². The van der Waals surface area contributed by atoms with Crippen LogP contribution >= 0.6 is 23.2 Å². The Morgan fingerprint density at radius 2 is 2.04 bits per heavy atom. The first-order chi connectivity index (χ1) is 11.2. The lowest BCUT2D eigenvalue weighted by atomic mass is 9.98. The summed E-state index contributed by atoms with van der Waals surface area (Å²) in [5.74, 6) is 2.63. The van der Waals surface area contributed by atoms with Gasteiger partial charge in [0.15, 0.2) is 0 Å².